The van der Waals surface area contributed by atoms with E-state index in [0.717, 1.165) is 0 Å². The zero-order valence-electron chi connectivity index (χ0n) is 6.20. The monoisotopic (exact) mass is 266 g/mol. The van der Waals surface area contributed by atoms with Crippen molar-refractivity contribution in [1.82, 2.24) is 0 Å². The zero-order valence-corrected chi connectivity index (χ0v) is 9.29. The van der Waals surface area contributed by atoms with Gasteiger partial charge in [-0.1, -0.05) is 23.2 Å². The van der Waals surface area contributed by atoms with Crippen LogP contribution in [0.2, 0.25) is 10.0 Å². The van der Waals surface area contributed by atoms with Gasteiger partial charge in [-0.05, 0) is 35.0 Å². The third-order valence-electron chi connectivity index (χ3n) is 1.40. The molecule has 0 saturated heterocycles. The number of rotatable bonds is 1. The zero-order chi connectivity index (χ0) is 9.30. The van der Waals surface area contributed by atoms with E-state index in [1.54, 1.807) is 12.1 Å². The number of hydrogen-bond acceptors (Lipinski definition) is 1. The van der Waals surface area contributed by atoms with Crippen LogP contribution >= 0.6 is 39.1 Å². The maximum atomic E-state index is 11.0. The van der Waals surface area contributed by atoms with Gasteiger partial charge in [-0.15, -0.1) is 0 Å². The number of halogens is 3. The molecule has 0 unspecified atom stereocenters. The van der Waals surface area contributed by atoms with E-state index in [1.807, 2.05) is 0 Å². The van der Waals surface area contributed by atoms with Crippen molar-refractivity contribution in [2.75, 3.05) is 0 Å². The highest BCUT2D eigenvalue weighted by Crippen LogP contribution is 2.31. The Balaban J connectivity index is 3.43. The molecule has 64 valence electrons. The molecule has 0 aliphatic rings. The van der Waals surface area contributed by atoms with Crippen molar-refractivity contribution in [2.24, 2.45) is 0 Å². The fraction of sp³-hybridized carbons (Fsp3) is 0.125. The summed E-state index contributed by atoms with van der Waals surface area (Å²) in [5, 5.41) is 0.755. The van der Waals surface area contributed by atoms with Crippen molar-refractivity contribution in [2.45, 2.75) is 6.92 Å². The minimum atomic E-state index is -0.133. The van der Waals surface area contributed by atoms with Crippen LogP contribution in [-0.2, 0) is 0 Å². The summed E-state index contributed by atoms with van der Waals surface area (Å²) < 4.78 is 0.679. The van der Waals surface area contributed by atoms with Crippen LogP contribution < -0.4 is 0 Å². The molecular formula is C8H5BrCl2O. The molecule has 0 amide bonds. The summed E-state index contributed by atoms with van der Waals surface area (Å²) in [6.45, 7) is 1.43. The van der Waals surface area contributed by atoms with Gasteiger partial charge in [0.15, 0.2) is 5.78 Å². The number of hydrogen-bond donors (Lipinski definition) is 0. The average Bonchev–Trinajstić information content (AvgIpc) is 1.97. The lowest BCUT2D eigenvalue weighted by molar-refractivity contribution is 0.101. The van der Waals surface area contributed by atoms with Crippen molar-refractivity contribution in [3.63, 3.8) is 0 Å². The van der Waals surface area contributed by atoms with Crippen LogP contribution in [0.15, 0.2) is 16.6 Å². The van der Waals surface area contributed by atoms with E-state index in [0.29, 0.717) is 20.1 Å². The predicted octanol–water partition coefficient (Wildman–Crippen LogP) is 3.96. The molecule has 1 aromatic carbocycles. The molecule has 0 aliphatic carbocycles. The van der Waals surface area contributed by atoms with Crippen molar-refractivity contribution in [3.8, 4) is 0 Å². The van der Waals surface area contributed by atoms with Crippen molar-refractivity contribution < 1.29 is 4.79 Å². The first kappa shape index (κ1) is 10.0. The second-order valence-electron chi connectivity index (χ2n) is 2.27. The molecule has 0 aromatic heterocycles. The molecule has 1 rings (SSSR count). The van der Waals surface area contributed by atoms with E-state index in [-0.39, 0.29) is 5.78 Å². The van der Waals surface area contributed by atoms with Gasteiger partial charge in [0.2, 0.25) is 0 Å². The molecule has 4 heteroatoms. The quantitative estimate of drug-likeness (QED) is 0.556. The summed E-state index contributed by atoms with van der Waals surface area (Å²) in [5.74, 6) is -0.133. The highest BCUT2D eigenvalue weighted by atomic mass is 79.9. The Kier molecular flexibility index (Phi) is 3.16. The van der Waals surface area contributed by atoms with Crippen molar-refractivity contribution in [3.05, 3.63) is 32.2 Å². The highest BCUT2D eigenvalue weighted by molar-refractivity contribution is 9.10. The van der Waals surface area contributed by atoms with Gasteiger partial charge < -0.3 is 0 Å². The third kappa shape index (κ3) is 1.82. The fourth-order valence-electron chi connectivity index (χ4n) is 0.850. The summed E-state index contributed by atoms with van der Waals surface area (Å²) >= 11 is 14.8. The number of Topliss-reactive ketones (excluding diaryl/α,β-unsaturated/α-hetero) is 1. The Morgan fingerprint density at radius 2 is 2.00 bits per heavy atom. The summed E-state index contributed by atoms with van der Waals surface area (Å²) in [6, 6.07) is 3.34. The van der Waals surface area contributed by atoms with Crippen molar-refractivity contribution >= 4 is 44.9 Å². The first-order valence-corrected chi connectivity index (χ1v) is 4.73. The van der Waals surface area contributed by atoms with Gasteiger partial charge in [0.05, 0.1) is 15.6 Å². The molecule has 0 atom stereocenters. The second kappa shape index (κ2) is 3.77. The molecule has 0 bridgehead atoms. The Morgan fingerprint density at radius 1 is 1.42 bits per heavy atom. The van der Waals surface area contributed by atoms with Gasteiger partial charge >= 0.3 is 0 Å². The first-order chi connectivity index (χ1) is 5.54. The minimum absolute atomic E-state index is 0.133. The molecule has 0 fully saturated rings. The van der Waals surface area contributed by atoms with Crippen LogP contribution in [0.4, 0.5) is 0 Å². The van der Waals surface area contributed by atoms with E-state index in [1.165, 1.54) is 6.92 Å². The van der Waals surface area contributed by atoms with E-state index in [2.05, 4.69) is 15.9 Å². The van der Waals surface area contributed by atoms with Crippen molar-refractivity contribution in [1.29, 1.82) is 0 Å². The maximum Gasteiger partial charge on any atom is 0.162 e. The molecule has 0 aliphatic heterocycles. The standard InChI is InChI=1S/C8H5BrCl2O/c1-4(12)7-6(10)3-2-5(9)8(7)11/h2-3H,1H3. The van der Waals surface area contributed by atoms with Gasteiger partial charge in [-0.2, -0.15) is 0 Å². The van der Waals surface area contributed by atoms with Crippen LogP contribution in [-0.4, -0.2) is 5.78 Å². The van der Waals surface area contributed by atoms with Gasteiger partial charge in [-0.25, -0.2) is 0 Å². The van der Waals surface area contributed by atoms with E-state index < -0.39 is 0 Å². The Bertz CT molecular complexity index is 336. The fourth-order valence-corrected chi connectivity index (χ4v) is 1.82. The van der Waals surface area contributed by atoms with Gasteiger partial charge in [-0.3, -0.25) is 4.79 Å². The summed E-state index contributed by atoms with van der Waals surface area (Å²) in [7, 11) is 0. The number of ketones is 1. The molecule has 12 heavy (non-hydrogen) atoms. The number of benzene rings is 1. The summed E-state index contributed by atoms with van der Waals surface area (Å²) in [6.07, 6.45) is 0. The largest absolute Gasteiger partial charge is 0.294 e. The Morgan fingerprint density at radius 3 is 2.42 bits per heavy atom. The molecule has 1 nitrogen and oxygen atoms in total. The molecule has 0 N–H and O–H groups in total. The SMILES string of the molecule is CC(=O)c1c(Cl)ccc(Br)c1Cl. The van der Waals surface area contributed by atoms with E-state index in [4.69, 9.17) is 23.2 Å². The first-order valence-electron chi connectivity index (χ1n) is 3.18. The smallest absolute Gasteiger partial charge is 0.162 e. The van der Waals surface area contributed by atoms with Crippen LogP contribution in [0.3, 0.4) is 0 Å². The lowest BCUT2D eigenvalue weighted by Gasteiger charge is -2.03. The normalized spacial score (nSPS) is 10.0. The van der Waals surface area contributed by atoms with Crippen LogP contribution in [0.5, 0.6) is 0 Å². The lowest BCUT2D eigenvalue weighted by Crippen LogP contribution is -1.95. The van der Waals surface area contributed by atoms with E-state index >= 15 is 0 Å². The minimum Gasteiger partial charge on any atom is -0.294 e. The topological polar surface area (TPSA) is 17.1 Å². The van der Waals surface area contributed by atoms with E-state index in [9.17, 15) is 4.79 Å². The second-order valence-corrected chi connectivity index (χ2v) is 3.91. The number of carbonyl (C=O) groups excluding carboxylic acids is 1. The molecule has 0 radical (unpaired) electrons. The molecule has 0 spiro atoms. The summed E-state index contributed by atoms with van der Waals surface area (Å²) in [4.78, 5) is 11.0. The Labute approximate surface area is 88.8 Å². The van der Waals surface area contributed by atoms with Crippen LogP contribution in [0.1, 0.15) is 17.3 Å². The maximum absolute atomic E-state index is 11.0. The van der Waals surface area contributed by atoms with Gasteiger partial charge in [0, 0.05) is 4.47 Å². The van der Waals surface area contributed by atoms with Gasteiger partial charge in [0.1, 0.15) is 0 Å². The van der Waals surface area contributed by atoms with Crippen LogP contribution in [0, 0.1) is 0 Å². The average molecular weight is 268 g/mol. The molecule has 0 saturated carbocycles. The molecule has 0 heterocycles. The van der Waals surface area contributed by atoms with Gasteiger partial charge in [0.25, 0.3) is 0 Å². The Hall–Kier alpha value is -0.0500. The summed E-state index contributed by atoms with van der Waals surface area (Å²) in [5.41, 5.74) is 0.368. The molecular weight excluding hydrogens is 263 g/mol. The predicted molar refractivity (Wildman–Crippen MR) is 54.2 cm³/mol. The highest BCUT2D eigenvalue weighted by Gasteiger charge is 2.12. The third-order valence-corrected chi connectivity index (χ3v) is 2.99. The lowest BCUT2D eigenvalue weighted by atomic mass is 10.1. The van der Waals surface area contributed by atoms with Crippen LogP contribution in [0.25, 0.3) is 0 Å². The number of carbonyl (C=O) groups is 1. The molecule has 1 aromatic rings.